The number of halogens is 1. The van der Waals surface area contributed by atoms with Gasteiger partial charge in [-0.05, 0) is 36.1 Å². The largest absolute Gasteiger partial charge is 0.365 e. The van der Waals surface area contributed by atoms with Crippen LogP contribution in [0.25, 0.3) is 0 Å². The molecule has 0 aliphatic carbocycles. The minimum Gasteiger partial charge on any atom is -0.365 e. The van der Waals surface area contributed by atoms with Crippen molar-refractivity contribution < 1.29 is 0 Å². The number of nitrogens with one attached hydrogen (secondary N) is 1. The van der Waals surface area contributed by atoms with Crippen molar-refractivity contribution in [2.24, 2.45) is 11.8 Å². The summed E-state index contributed by atoms with van der Waals surface area (Å²) in [6.07, 6.45) is 1.22. The predicted molar refractivity (Wildman–Crippen MR) is 88.7 cm³/mol. The second-order valence-electron chi connectivity index (χ2n) is 6.34. The summed E-state index contributed by atoms with van der Waals surface area (Å²) in [6, 6.07) is 9.42. The van der Waals surface area contributed by atoms with Gasteiger partial charge in [0.15, 0.2) is 0 Å². The molecule has 0 spiro atoms. The Morgan fingerprint density at radius 2 is 1.90 bits per heavy atom. The number of anilines is 1. The highest BCUT2D eigenvalue weighted by Crippen LogP contribution is 2.27. The van der Waals surface area contributed by atoms with Crippen LogP contribution >= 0.6 is 11.6 Å². The molecule has 1 aromatic rings. The minimum absolute atomic E-state index is 0.552. The molecule has 0 saturated carbocycles. The summed E-state index contributed by atoms with van der Waals surface area (Å²) >= 11 is 6.02. The average molecular weight is 295 g/mol. The van der Waals surface area contributed by atoms with Gasteiger partial charge in [0.05, 0.1) is 0 Å². The molecule has 1 saturated heterocycles. The van der Waals surface area contributed by atoms with Crippen molar-refractivity contribution in [2.45, 2.75) is 46.2 Å². The molecule has 0 amide bonds. The summed E-state index contributed by atoms with van der Waals surface area (Å²) in [7, 11) is 0. The van der Waals surface area contributed by atoms with E-state index in [1.165, 1.54) is 12.1 Å². The lowest BCUT2D eigenvalue weighted by Gasteiger charge is -2.45. The molecule has 1 aromatic carbocycles. The lowest BCUT2D eigenvalue weighted by Crippen LogP contribution is -2.60. The minimum atomic E-state index is 0.552. The first-order valence-corrected chi connectivity index (χ1v) is 8.16. The molecule has 1 N–H and O–H groups in total. The molecule has 1 heterocycles. The van der Waals surface area contributed by atoms with Gasteiger partial charge in [-0.2, -0.15) is 0 Å². The molecule has 1 fully saturated rings. The van der Waals surface area contributed by atoms with Gasteiger partial charge in [-0.15, -0.1) is 0 Å². The van der Waals surface area contributed by atoms with E-state index >= 15 is 0 Å². The van der Waals surface area contributed by atoms with Gasteiger partial charge in [0.25, 0.3) is 0 Å². The van der Waals surface area contributed by atoms with Crippen molar-refractivity contribution in [2.75, 3.05) is 18.0 Å². The fraction of sp³-hybridized carbons (Fsp3) is 0.647. The predicted octanol–water partition coefficient (Wildman–Crippen LogP) is 4.19. The summed E-state index contributed by atoms with van der Waals surface area (Å²) in [4.78, 5) is 2.56. The van der Waals surface area contributed by atoms with E-state index in [1.54, 1.807) is 0 Å². The van der Waals surface area contributed by atoms with Crippen molar-refractivity contribution in [3.63, 3.8) is 0 Å². The van der Waals surface area contributed by atoms with Crippen LogP contribution in [0.3, 0.4) is 0 Å². The highest BCUT2D eigenvalue weighted by molar-refractivity contribution is 6.30. The van der Waals surface area contributed by atoms with E-state index in [9.17, 15) is 0 Å². The Kier molecular flexibility index (Phi) is 5.34. The lowest BCUT2D eigenvalue weighted by atomic mass is 9.91. The smallest absolute Gasteiger partial charge is 0.0438 e. The van der Waals surface area contributed by atoms with Gasteiger partial charge in [-0.25, -0.2) is 0 Å². The number of hydrogen-bond acceptors (Lipinski definition) is 2. The summed E-state index contributed by atoms with van der Waals surface area (Å²) < 4.78 is 0. The van der Waals surface area contributed by atoms with Crippen molar-refractivity contribution in [3.8, 4) is 0 Å². The standard InChI is InChI=1S/C17H27ClN2/c1-5-13(4)16-11-20(17(10-19-16)12(2)3)15-8-6-14(18)7-9-15/h6-9,12-13,16-17,19H,5,10-11H2,1-4H3. The van der Waals surface area contributed by atoms with Gasteiger partial charge in [-0.3, -0.25) is 0 Å². The van der Waals surface area contributed by atoms with E-state index in [0.717, 1.165) is 18.1 Å². The number of hydrogen-bond donors (Lipinski definition) is 1. The average Bonchev–Trinajstić information content (AvgIpc) is 2.46. The summed E-state index contributed by atoms with van der Waals surface area (Å²) in [5.41, 5.74) is 1.29. The maximum absolute atomic E-state index is 6.02. The molecule has 3 atom stereocenters. The lowest BCUT2D eigenvalue weighted by molar-refractivity contribution is 0.281. The Morgan fingerprint density at radius 3 is 2.45 bits per heavy atom. The van der Waals surface area contributed by atoms with Crippen molar-refractivity contribution in [1.82, 2.24) is 5.32 Å². The maximum Gasteiger partial charge on any atom is 0.0438 e. The third kappa shape index (κ3) is 3.48. The van der Waals surface area contributed by atoms with Crippen molar-refractivity contribution in [3.05, 3.63) is 29.3 Å². The molecule has 0 radical (unpaired) electrons. The Balaban J connectivity index is 2.20. The summed E-state index contributed by atoms with van der Waals surface area (Å²) in [5.74, 6) is 1.34. The zero-order valence-electron chi connectivity index (χ0n) is 13.1. The fourth-order valence-corrected chi connectivity index (χ4v) is 3.11. The third-order valence-electron chi connectivity index (χ3n) is 4.64. The van der Waals surface area contributed by atoms with E-state index < -0.39 is 0 Å². The molecule has 0 aromatic heterocycles. The maximum atomic E-state index is 6.02. The van der Waals surface area contributed by atoms with Crippen molar-refractivity contribution in [1.29, 1.82) is 0 Å². The zero-order valence-corrected chi connectivity index (χ0v) is 13.8. The summed E-state index contributed by atoms with van der Waals surface area (Å²) in [5, 5.41) is 4.55. The molecule has 3 heteroatoms. The van der Waals surface area contributed by atoms with Gasteiger partial charge in [-0.1, -0.05) is 45.7 Å². The van der Waals surface area contributed by atoms with E-state index in [0.29, 0.717) is 23.9 Å². The van der Waals surface area contributed by atoms with Crippen LogP contribution in [0.15, 0.2) is 24.3 Å². The Labute approximate surface area is 128 Å². The molecule has 0 bridgehead atoms. The van der Waals surface area contributed by atoms with Crippen LogP contribution in [0, 0.1) is 11.8 Å². The molecular formula is C17H27ClN2. The molecule has 112 valence electrons. The van der Waals surface area contributed by atoms with E-state index in [2.05, 4.69) is 50.0 Å². The first-order chi connectivity index (χ1) is 9.52. The van der Waals surface area contributed by atoms with Gasteiger partial charge in [0.2, 0.25) is 0 Å². The number of benzene rings is 1. The Hall–Kier alpha value is -0.730. The van der Waals surface area contributed by atoms with Gasteiger partial charge in [0.1, 0.15) is 0 Å². The van der Waals surface area contributed by atoms with E-state index in [1.807, 2.05) is 12.1 Å². The van der Waals surface area contributed by atoms with Gasteiger partial charge in [0, 0.05) is 35.9 Å². The molecule has 3 unspecified atom stereocenters. The monoisotopic (exact) mass is 294 g/mol. The highest BCUT2D eigenvalue weighted by atomic mass is 35.5. The Bertz CT molecular complexity index is 416. The number of nitrogens with zero attached hydrogens (tertiary/aromatic N) is 1. The zero-order chi connectivity index (χ0) is 14.7. The molecule has 1 aliphatic rings. The van der Waals surface area contributed by atoms with Gasteiger partial charge >= 0.3 is 0 Å². The third-order valence-corrected chi connectivity index (χ3v) is 4.89. The summed E-state index contributed by atoms with van der Waals surface area (Å²) in [6.45, 7) is 11.4. The van der Waals surface area contributed by atoms with E-state index in [4.69, 9.17) is 11.6 Å². The SMILES string of the molecule is CCC(C)C1CN(c2ccc(Cl)cc2)C(C(C)C)CN1. The van der Waals surface area contributed by atoms with Gasteiger partial charge < -0.3 is 10.2 Å². The second-order valence-corrected chi connectivity index (χ2v) is 6.78. The molecule has 2 nitrogen and oxygen atoms in total. The first-order valence-electron chi connectivity index (χ1n) is 7.78. The van der Waals surface area contributed by atoms with Crippen LogP contribution in [-0.4, -0.2) is 25.2 Å². The molecule has 20 heavy (non-hydrogen) atoms. The van der Waals surface area contributed by atoms with E-state index in [-0.39, 0.29) is 0 Å². The van der Waals surface area contributed by atoms with Crippen LogP contribution in [0.5, 0.6) is 0 Å². The fourth-order valence-electron chi connectivity index (χ4n) is 2.98. The number of rotatable bonds is 4. The molecule has 1 aliphatic heterocycles. The topological polar surface area (TPSA) is 15.3 Å². The Morgan fingerprint density at radius 1 is 1.25 bits per heavy atom. The quantitative estimate of drug-likeness (QED) is 0.896. The van der Waals surface area contributed by atoms with Crippen molar-refractivity contribution >= 4 is 17.3 Å². The second kappa shape index (κ2) is 6.82. The van der Waals surface area contributed by atoms with Crippen LogP contribution in [-0.2, 0) is 0 Å². The normalized spacial score (nSPS) is 25.0. The van der Waals surface area contributed by atoms with Crippen LogP contribution in [0.1, 0.15) is 34.1 Å². The van der Waals surface area contributed by atoms with Crippen LogP contribution in [0.2, 0.25) is 5.02 Å². The number of piperazine rings is 1. The first kappa shape index (κ1) is 15.7. The van der Waals surface area contributed by atoms with Crippen LogP contribution in [0.4, 0.5) is 5.69 Å². The highest BCUT2D eigenvalue weighted by Gasteiger charge is 2.31. The molecule has 2 rings (SSSR count). The van der Waals surface area contributed by atoms with Crippen LogP contribution < -0.4 is 10.2 Å². The molecular weight excluding hydrogens is 268 g/mol.